The van der Waals surface area contributed by atoms with Crippen LogP contribution in [0.1, 0.15) is 74.0 Å². The summed E-state index contributed by atoms with van der Waals surface area (Å²) in [6.45, 7) is 12.7. The number of benzene rings is 1. The number of hydrogen-bond acceptors (Lipinski definition) is 5. The molecule has 0 N–H and O–H groups in total. The van der Waals surface area contributed by atoms with Gasteiger partial charge in [0.25, 0.3) is 5.91 Å². The highest BCUT2D eigenvalue weighted by atomic mass is 35.5. The van der Waals surface area contributed by atoms with Crippen LogP contribution < -0.4 is 0 Å². The number of esters is 1. The molecule has 1 amide bonds. The average Bonchev–Trinajstić information content (AvgIpc) is 2.77. The summed E-state index contributed by atoms with van der Waals surface area (Å²) in [4.78, 5) is 32.6. The van der Waals surface area contributed by atoms with Crippen LogP contribution >= 0.6 is 11.6 Å². The van der Waals surface area contributed by atoms with Crippen molar-refractivity contribution in [1.29, 1.82) is 0 Å². The van der Waals surface area contributed by atoms with E-state index >= 15 is 0 Å². The molecule has 1 aromatic carbocycles. The van der Waals surface area contributed by atoms with Crippen molar-refractivity contribution >= 4 is 29.2 Å². The Hall–Kier alpha value is -2.60. The van der Waals surface area contributed by atoms with Crippen molar-refractivity contribution in [3.05, 3.63) is 57.1 Å². The molecule has 0 saturated heterocycles. The molecule has 6 nitrogen and oxygen atoms in total. The summed E-state index contributed by atoms with van der Waals surface area (Å²) in [5.41, 5.74) is 4.51. The Kier molecular flexibility index (Phi) is 10.8. The first kappa shape index (κ1) is 27.6. The molecule has 0 fully saturated rings. The molecule has 1 aromatic rings. The Morgan fingerprint density at radius 2 is 1.91 bits per heavy atom. The lowest BCUT2D eigenvalue weighted by Gasteiger charge is -2.19. The highest BCUT2D eigenvalue weighted by Gasteiger charge is 2.23. The summed E-state index contributed by atoms with van der Waals surface area (Å²) < 4.78 is 5.73. The summed E-state index contributed by atoms with van der Waals surface area (Å²) in [7, 11) is 0. The maximum Gasteiger partial charge on any atom is 0.339 e. The number of fused-ring (bicyclic) bond motifs is 1. The first-order valence-corrected chi connectivity index (χ1v) is 12.3. The molecule has 0 spiro atoms. The minimum Gasteiger partial charge on any atom is -0.459 e. The van der Waals surface area contributed by atoms with Crippen molar-refractivity contribution in [2.75, 3.05) is 19.7 Å². The third-order valence-corrected chi connectivity index (χ3v) is 6.38. The number of oxime groups is 1. The van der Waals surface area contributed by atoms with Gasteiger partial charge >= 0.3 is 5.97 Å². The number of likely N-dealkylation sites (N-methyl/N-ethyl adjacent to an activating group) is 1. The van der Waals surface area contributed by atoms with Crippen LogP contribution in [0, 0.1) is 13.8 Å². The van der Waals surface area contributed by atoms with E-state index in [0.717, 1.165) is 29.5 Å². The Labute approximate surface area is 208 Å². The number of nitrogens with zero attached hydrogens (tertiary/aromatic N) is 2. The van der Waals surface area contributed by atoms with E-state index in [9.17, 15) is 9.59 Å². The second kappa shape index (κ2) is 13.3. The normalized spacial score (nSPS) is 19.5. The number of aryl methyl sites for hydroxylation is 2. The number of rotatable bonds is 5. The fourth-order valence-electron chi connectivity index (χ4n) is 3.99. The number of allylic oxidation sites excluding steroid dienone is 3. The van der Waals surface area contributed by atoms with Crippen molar-refractivity contribution in [2.24, 2.45) is 5.16 Å². The molecule has 34 heavy (non-hydrogen) atoms. The summed E-state index contributed by atoms with van der Waals surface area (Å²) >= 11 is 6.71. The van der Waals surface area contributed by atoms with E-state index in [-0.39, 0.29) is 25.0 Å². The third kappa shape index (κ3) is 7.73. The molecule has 186 valence electrons. The molecule has 0 saturated carbocycles. The second-order valence-corrected chi connectivity index (χ2v) is 9.11. The number of carbonyl (C=O) groups excluding carboxylic acids is 2. The topological polar surface area (TPSA) is 68.2 Å². The largest absolute Gasteiger partial charge is 0.459 e. The molecular weight excluding hydrogens is 452 g/mol. The minimum absolute atomic E-state index is 0.122. The van der Waals surface area contributed by atoms with Crippen molar-refractivity contribution in [3.8, 4) is 0 Å². The lowest BCUT2D eigenvalue weighted by atomic mass is 9.94. The molecule has 1 heterocycles. The van der Waals surface area contributed by atoms with Gasteiger partial charge in [-0.1, -0.05) is 40.5 Å². The van der Waals surface area contributed by atoms with E-state index in [1.165, 1.54) is 0 Å². The number of amides is 1. The molecule has 0 unspecified atom stereocenters. The van der Waals surface area contributed by atoms with E-state index < -0.39 is 5.97 Å². The molecule has 1 atom stereocenters. The lowest BCUT2D eigenvalue weighted by molar-refractivity contribution is -0.135. The summed E-state index contributed by atoms with van der Waals surface area (Å²) in [5, 5.41) is 4.81. The molecule has 0 aromatic heterocycles. The maximum atomic E-state index is 13.1. The Balaban J connectivity index is 2.49. The van der Waals surface area contributed by atoms with Crippen molar-refractivity contribution in [1.82, 2.24) is 4.90 Å². The zero-order valence-corrected chi connectivity index (χ0v) is 22.0. The maximum absolute atomic E-state index is 13.1. The molecular formula is C27H37ClN2O4. The van der Waals surface area contributed by atoms with Gasteiger partial charge in [0, 0.05) is 31.0 Å². The summed E-state index contributed by atoms with van der Waals surface area (Å²) in [6, 6.07) is 1.90. The van der Waals surface area contributed by atoms with Gasteiger partial charge in [-0.05, 0) is 77.2 Å². The van der Waals surface area contributed by atoms with Gasteiger partial charge in [-0.3, -0.25) is 4.79 Å². The SMILES string of the molecule is CCN(CC)C(=O)CO/N=C1\C=C(C)CC/C=C/C[C@@H](C)OC(=O)c2c(C)cc(C)c(Cl)c2C1. The van der Waals surface area contributed by atoms with Crippen molar-refractivity contribution in [3.63, 3.8) is 0 Å². The van der Waals surface area contributed by atoms with Crippen LogP contribution in [0.4, 0.5) is 0 Å². The molecule has 0 aliphatic carbocycles. The van der Waals surface area contributed by atoms with Crippen molar-refractivity contribution < 1.29 is 19.2 Å². The van der Waals surface area contributed by atoms with Crippen LogP contribution in [0.25, 0.3) is 0 Å². The van der Waals surface area contributed by atoms with Crippen LogP contribution in [0.15, 0.2) is 35.0 Å². The van der Waals surface area contributed by atoms with E-state index in [0.29, 0.717) is 41.4 Å². The van der Waals surface area contributed by atoms with E-state index in [2.05, 4.69) is 11.2 Å². The standard InChI is InChI=1S/C27H37ClN2O4/c1-7-30(8-2)24(31)17-33-29-22-14-18(3)12-10-9-11-13-21(6)34-27(32)25-19(4)15-20(5)26(28)23(25)16-22/h9,11,14-15,21H,7-8,10,12-13,16-17H2,1-6H3/b11-9+,18-14?,29-22+/t21-/m1/s1. The van der Waals surface area contributed by atoms with Gasteiger partial charge in [-0.15, -0.1) is 0 Å². The average molecular weight is 489 g/mol. The molecule has 0 radical (unpaired) electrons. The van der Waals surface area contributed by atoms with Gasteiger partial charge in [0.1, 0.15) is 6.10 Å². The fraction of sp³-hybridized carbons (Fsp3) is 0.519. The lowest BCUT2D eigenvalue weighted by Crippen LogP contribution is -2.33. The highest BCUT2D eigenvalue weighted by Crippen LogP contribution is 2.30. The first-order chi connectivity index (χ1) is 16.2. The predicted molar refractivity (Wildman–Crippen MR) is 138 cm³/mol. The van der Waals surface area contributed by atoms with E-state index in [1.54, 1.807) is 4.90 Å². The monoisotopic (exact) mass is 488 g/mol. The van der Waals surface area contributed by atoms with Gasteiger partial charge < -0.3 is 14.5 Å². The van der Waals surface area contributed by atoms with Gasteiger partial charge in [-0.25, -0.2) is 4.79 Å². The van der Waals surface area contributed by atoms with Gasteiger partial charge in [0.15, 0.2) is 6.61 Å². The zero-order chi connectivity index (χ0) is 25.3. The van der Waals surface area contributed by atoms with Crippen LogP contribution in [0.2, 0.25) is 5.02 Å². The van der Waals surface area contributed by atoms with E-state index in [4.69, 9.17) is 21.2 Å². The van der Waals surface area contributed by atoms with Gasteiger partial charge in [-0.2, -0.15) is 0 Å². The second-order valence-electron chi connectivity index (χ2n) is 8.73. The third-order valence-electron chi connectivity index (χ3n) is 5.85. The Bertz CT molecular complexity index is 977. The Morgan fingerprint density at radius 1 is 1.21 bits per heavy atom. The van der Waals surface area contributed by atoms with Crippen molar-refractivity contribution in [2.45, 2.75) is 73.3 Å². The smallest absolute Gasteiger partial charge is 0.339 e. The zero-order valence-electron chi connectivity index (χ0n) is 21.2. The number of carbonyl (C=O) groups is 2. The molecule has 0 bridgehead atoms. The van der Waals surface area contributed by atoms with Crippen LogP contribution in [0.3, 0.4) is 0 Å². The van der Waals surface area contributed by atoms with Crippen LogP contribution in [-0.2, 0) is 20.8 Å². The van der Waals surface area contributed by atoms with E-state index in [1.807, 2.05) is 59.8 Å². The Morgan fingerprint density at radius 3 is 2.59 bits per heavy atom. The number of cyclic esters (lactones) is 1. The number of ether oxygens (including phenoxy) is 1. The predicted octanol–water partition coefficient (Wildman–Crippen LogP) is 5.97. The summed E-state index contributed by atoms with van der Waals surface area (Å²) in [6.07, 6.45) is 8.51. The molecule has 1 aliphatic rings. The summed E-state index contributed by atoms with van der Waals surface area (Å²) in [5.74, 6) is -0.520. The van der Waals surface area contributed by atoms with Crippen LogP contribution in [-0.4, -0.2) is 48.3 Å². The fourth-order valence-corrected chi connectivity index (χ4v) is 4.20. The molecule has 7 heteroatoms. The number of hydrogen-bond donors (Lipinski definition) is 0. The highest BCUT2D eigenvalue weighted by molar-refractivity contribution is 6.33. The van der Waals surface area contributed by atoms with Crippen LogP contribution in [0.5, 0.6) is 0 Å². The van der Waals surface area contributed by atoms with Gasteiger partial charge in [0.05, 0.1) is 11.3 Å². The molecule has 2 rings (SSSR count). The minimum atomic E-state index is -0.398. The molecule has 1 aliphatic heterocycles. The first-order valence-electron chi connectivity index (χ1n) is 12.0. The number of halogens is 1. The van der Waals surface area contributed by atoms with Gasteiger partial charge in [0.2, 0.25) is 0 Å². The quantitative estimate of drug-likeness (QED) is 0.291.